The molecule has 1 fully saturated rings. The van der Waals surface area contributed by atoms with Gasteiger partial charge in [-0.15, -0.1) is 0 Å². The first-order chi connectivity index (χ1) is 8.22. The van der Waals surface area contributed by atoms with Gasteiger partial charge in [0.1, 0.15) is 12.0 Å². The van der Waals surface area contributed by atoms with E-state index in [0.717, 1.165) is 31.9 Å². The van der Waals surface area contributed by atoms with Crippen LogP contribution in [0.15, 0.2) is 12.5 Å². The molecule has 0 radical (unpaired) electrons. The second-order valence-electron chi connectivity index (χ2n) is 4.53. The average molecular weight is 236 g/mol. The summed E-state index contributed by atoms with van der Waals surface area (Å²) in [6.45, 7) is 8.64. The molecule has 1 saturated heterocycles. The molecule has 2 heterocycles. The van der Waals surface area contributed by atoms with Crippen LogP contribution < -0.4 is 9.64 Å². The summed E-state index contributed by atoms with van der Waals surface area (Å²) in [6.07, 6.45) is 3.35. The van der Waals surface area contributed by atoms with Crippen molar-refractivity contribution in [1.82, 2.24) is 14.9 Å². The van der Waals surface area contributed by atoms with Crippen molar-refractivity contribution in [3.05, 3.63) is 12.5 Å². The Kier molecular flexibility index (Phi) is 3.78. The summed E-state index contributed by atoms with van der Waals surface area (Å²) in [4.78, 5) is 13.0. The minimum absolute atomic E-state index is 0.617. The van der Waals surface area contributed by atoms with Gasteiger partial charge in [-0.3, -0.25) is 4.90 Å². The zero-order valence-corrected chi connectivity index (χ0v) is 10.8. The van der Waals surface area contributed by atoms with Gasteiger partial charge in [0.05, 0.1) is 13.3 Å². The van der Waals surface area contributed by atoms with E-state index in [2.05, 4.69) is 33.6 Å². The van der Waals surface area contributed by atoms with Crippen LogP contribution in [0.4, 0.5) is 5.69 Å². The fourth-order valence-corrected chi connectivity index (χ4v) is 2.16. The van der Waals surface area contributed by atoms with Crippen LogP contribution in [0.3, 0.4) is 0 Å². The number of piperazine rings is 1. The molecule has 17 heavy (non-hydrogen) atoms. The maximum Gasteiger partial charge on any atom is 0.240 e. The fraction of sp³-hybridized carbons (Fsp3) is 0.667. The van der Waals surface area contributed by atoms with Crippen molar-refractivity contribution in [3.8, 4) is 5.88 Å². The average Bonchev–Trinajstić information content (AvgIpc) is 2.39. The Balaban J connectivity index is 2.05. The van der Waals surface area contributed by atoms with Crippen molar-refractivity contribution in [2.24, 2.45) is 0 Å². The number of hydrogen-bond donors (Lipinski definition) is 0. The molecule has 94 valence electrons. The van der Waals surface area contributed by atoms with Crippen LogP contribution >= 0.6 is 0 Å². The molecular formula is C12H20N4O. The highest BCUT2D eigenvalue weighted by Gasteiger charge is 2.21. The number of methoxy groups -OCH3 is 1. The Labute approximate surface area is 102 Å². The van der Waals surface area contributed by atoms with Crippen LogP contribution in [0.5, 0.6) is 5.88 Å². The molecule has 5 nitrogen and oxygen atoms in total. The lowest BCUT2D eigenvalue weighted by molar-refractivity contribution is 0.209. The molecule has 1 aliphatic rings. The molecule has 1 aromatic heterocycles. The Hall–Kier alpha value is -1.36. The maximum atomic E-state index is 5.27. The highest BCUT2D eigenvalue weighted by Crippen LogP contribution is 2.25. The highest BCUT2D eigenvalue weighted by atomic mass is 16.5. The zero-order valence-electron chi connectivity index (χ0n) is 10.8. The summed E-state index contributed by atoms with van der Waals surface area (Å²) in [5.41, 5.74) is 0.999. The molecule has 0 atom stereocenters. The Morgan fingerprint density at radius 1 is 1.24 bits per heavy atom. The summed E-state index contributed by atoms with van der Waals surface area (Å²) in [5.74, 6) is 0.665. The van der Waals surface area contributed by atoms with E-state index in [1.54, 1.807) is 7.11 Å². The van der Waals surface area contributed by atoms with E-state index >= 15 is 0 Å². The van der Waals surface area contributed by atoms with E-state index in [-0.39, 0.29) is 0 Å². The van der Waals surface area contributed by atoms with E-state index in [9.17, 15) is 0 Å². The normalized spacial score (nSPS) is 17.5. The minimum Gasteiger partial charge on any atom is -0.479 e. The summed E-state index contributed by atoms with van der Waals surface area (Å²) < 4.78 is 5.27. The van der Waals surface area contributed by atoms with Crippen molar-refractivity contribution >= 4 is 5.69 Å². The van der Waals surface area contributed by atoms with Crippen molar-refractivity contribution in [2.75, 3.05) is 38.2 Å². The van der Waals surface area contributed by atoms with Crippen molar-refractivity contribution in [2.45, 2.75) is 19.9 Å². The van der Waals surface area contributed by atoms with Gasteiger partial charge in [-0.2, -0.15) is 0 Å². The van der Waals surface area contributed by atoms with Crippen LogP contribution in [0.25, 0.3) is 0 Å². The molecule has 1 aliphatic heterocycles. The summed E-state index contributed by atoms with van der Waals surface area (Å²) in [6, 6.07) is 0.617. The lowest BCUT2D eigenvalue weighted by atomic mass is 10.2. The van der Waals surface area contributed by atoms with Crippen LogP contribution in [0, 0.1) is 0 Å². The number of hydrogen-bond acceptors (Lipinski definition) is 5. The number of aromatic nitrogens is 2. The van der Waals surface area contributed by atoms with E-state index in [1.165, 1.54) is 6.33 Å². The molecule has 0 spiro atoms. The van der Waals surface area contributed by atoms with E-state index in [4.69, 9.17) is 4.74 Å². The Morgan fingerprint density at radius 3 is 2.53 bits per heavy atom. The molecule has 0 N–H and O–H groups in total. The molecule has 0 aromatic carbocycles. The largest absolute Gasteiger partial charge is 0.479 e. The van der Waals surface area contributed by atoms with Gasteiger partial charge in [0.25, 0.3) is 0 Å². The van der Waals surface area contributed by atoms with E-state index < -0.39 is 0 Å². The third kappa shape index (κ3) is 2.66. The summed E-state index contributed by atoms with van der Waals surface area (Å²) in [5, 5.41) is 0. The molecule has 0 saturated carbocycles. The SMILES string of the molecule is COc1ncncc1N1CCN(C(C)C)CC1. The van der Waals surface area contributed by atoms with Crippen LogP contribution in [-0.4, -0.2) is 54.2 Å². The predicted octanol–water partition coefficient (Wildman–Crippen LogP) is 1.02. The molecule has 0 bridgehead atoms. The molecule has 2 rings (SSSR count). The monoisotopic (exact) mass is 236 g/mol. The molecule has 0 unspecified atom stereocenters. The lowest BCUT2D eigenvalue weighted by Crippen LogP contribution is -2.49. The first kappa shape index (κ1) is 12.1. The number of rotatable bonds is 3. The van der Waals surface area contributed by atoms with Crippen LogP contribution in [0.2, 0.25) is 0 Å². The molecular weight excluding hydrogens is 216 g/mol. The standard InChI is InChI=1S/C12H20N4O/c1-10(2)15-4-6-16(7-5-15)11-8-13-9-14-12(11)17-3/h8-10H,4-7H2,1-3H3. The maximum absolute atomic E-state index is 5.27. The first-order valence-corrected chi connectivity index (χ1v) is 6.05. The van der Waals surface area contributed by atoms with Crippen molar-refractivity contribution < 1.29 is 4.74 Å². The minimum atomic E-state index is 0.617. The van der Waals surface area contributed by atoms with Gasteiger partial charge in [-0.05, 0) is 13.8 Å². The number of anilines is 1. The molecule has 0 aliphatic carbocycles. The number of nitrogens with zero attached hydrogens (tertiary/aromatic N) is 4. The predicted molar refractivity (Wildman–Crippen MR) is 67.5 cm³/mol. The van der Waals surface area contributed by atoms with Crippen molar-refractivity contribution in [1.29, 1.82) is 0 Å². The lowest BCUT2D eigenvalue weighted by Gasteiger charge is -2.38. The number of ether oxygens (including phenoxy) is 1. The molecule has 5 heteroatoms. The second kappa shape index (κ2) is 5.31. The summed E-state index contributed by atoms with van der Waals surface area (Å²) in [7, 11) is 1.65. The smallest absolute Gasteiger partial charge is 0.240 e. The van der Waals surface area contributed by atoms with E-state index in [1.807, 2.05) is 6.20 Å². The van der Waals surface area contributed by atoms with Gasteiger partial charge in [-0.25, -0.2) is 9.97 Å². The molecule has 1 aromatic rings. The highest BCUT2D eigenvalue weighted by molar-refractivity contribution is 5.53. The summed E-state index contributed by atoms with van der Waals surface area (Å²) >= 11 is 0. The van der Waals surface area contributed by atoms with Gasteiger partial charge in [0.15, 0.2) is 0 Å². The third-order valence-electron chi connectivity index (χ3n) is 3.24. The van der Waals surface area contributed by atoms with Gasteiger partial charge in [0.2, 0.25) is 5.88 Å². The van der Waals surface area contributed by atoms with Gasteiger partial charge in [0, 0.05) is 32.2 Å². The first-order valence-electron chi connectivity index (χ1n) is 6.05. The zero-order chi connectivity index (χ0) is 12.3. The Bertz CT molecular complexity index is 361. The quantitative estimate of drug-likeness (QED) is 0.783. The molecule has 0 amide bonds. The van der Waals surface area contributed by atoms with E-state index in [0.29, 0.717) is 11.9 Å². The van der Waals surface area contributed by atoms with Crippen molar-refractivity contribution in [3.63, 3.8) is 0 Å². The second-order valence-corrected chi connectivity index (χ2v) is 4.53. The van der Waals surface area contributed by atoms with Gasteiger partial charge >= 0.3 is 0 Å². The van der Waals surface area contributed by atoms with Crippen LogP contribution in [-0.2, 0) is 0 Å². The third-order valence-corrected chi connectivity index (χ3v) is 3.24. The fourth-order valence-electron chi connectivity index (χ4n) is 2.16. The van der Waals surface area contributed by atoms with Gasteiger partial charge in [-0.1, -0.05) is 0 Å². The van der Waals surface area contributed by atoms with Crippen LogP contribution in [0.1, 0.15) is 13.8 Å². The van der Waals surface area contributed by atoms with Gasteiger partial charge < -0.3 is 9.64 Å². The Morgan fingerprint density at radius 2 is 1.94 bits per heavy atom. The topological polar surface area (TPSA) is 41.5 Å².